The Kier molecular flexibility index (Phi) is 7.24. The monoisotopic (exact) mass is 371 g/mol. The molecule has 0 radical (unpaired) electrons. The molecule has 0 fully saturated rings. The number of aliphatic carboxylic acids is 1. The van der Waals surface area contributed by atoms with Gasteiger partial charge < -0.3 is 14.7 Å². The minimum absolute atomic E-state index is 0.123. The predicted octanol–water partition coefficient (Wildman–Crippen LogP) is 4.30. The van der Waals surface area contributed by atoms with Gasteiger partial charge in [0, 0.05) is 0 Å². The molecule has 0 aliphatic heterocycles. The summed E-state index contributed by atoms with van der Waals surface area (Å²) in [4.78, 5) is 11.5. The summed E-state index contributed by atoms with van der Waals surface area (Å²) in [6.45, 7) is 11.1. The molecule has 1 aromatic carbocycles. The van der Waals surface area contributed by atoms with Crippen LogP contribution < -0.4 is 9.61 Å². The number of carboxylic acids is 1. The van der Waals surface area contributed by atoms with Crippen molar-refractivity contribution in [2.75, 3.05) is 6.35 Å². The van der Waals surface area contributed by atoms with Crippen LogP contribution in [0, 0.1) is 0 Å². The van der Waals surface area contributed by atoms with Gasteiger partial charge in [0.05, 0.1) is 0 Å². The molecule has 1 rings (SSSR count). The van der Waals surface area contributed by atoms with Crippen LogP contribution >= 0.6 is 7.52 Å². The highest BCUT2D eigenvalue weighted by atomic mass is 31.2. The van der Waals surface area contributed by atoms with Gasteiger partial charge >= 0.3 is 13.5 Å². The molecule has 0 aliphatic carbocycles. The zero-order valence-electron chi connectivity index (χ0n) is 15.9. The van der Waals surface area contributed by atoms with Crippen molar-refractivity contribution in [1.29, 1.82) is 0 Å². The minimum Gasteiger partial charge on any atom is -0.480 e. The van der Waals surface area contributed by atoms with E-state index in [1.165, 1.54) is 6.92 Å². The fraction of sp³-hybridized carbons (Fsp3) is 0.611. The van der Waals surface area contributed by atoms with Gasteiger partial charge in [-0.3, -0.25) is 9.36 Å². The Labute approximate surface area is 150 Å². The van der Waals surface area contributed by atoms with E-state index in [1.807, 2.05) is 45.9 Å². The van der Waals surface area contributed by atoms with Crippen molar-refractivity contribution >= 4 is 13.5 Å². The van der Waals surface area contributed by atoms with E-state index in [0.717, 1.165) is 11.1 Å². The molecule has 0 saturated carbocycles. The van der Waals surface area contributed by atoms with Crippen molar-refractivity contribution in [1.82, 2.24) is 5.09 Å². The summed E-state index contributed by atoms with van der Waals surface area (Å²) in [6, 6.07) is 5.70. The molecule has 6 nitrogen and oxygen atoms in total. The predicted molar refractivity (Wildman–Crippen MR) is 99.4 cm³/mol. The summed E-state index contributed by atoms with van der Waals surface area (Å²) < 4.78 is 18.9. The Morgan fingerprint density at radius 3 is 2.04 bits per heavy atom. The van der Waals surface area contributed by atoms with Crippen molar-refractivity contribution in [2.45, 2.75) is 65.3 Å². The summed E-state index contributed by atoms with van der Waals surface area (Å²) in [5, 5.41) is 21.7. The third kappa shape index (κ3) is 5.06. The van der Waals surface area contributed by atoms with Crippen LogP contribution in [0.25, 0.3) is 0 Å². The van der Waals surface area contributed by atoms with E-state index in [9.17, 15) is 19.6 Å². The number of para-hydroxylation sites is 1. The van der Waals surface area contributed by atoms with Crippen molar-refractivity contribution in [2.24, 2.45) is 0 Å². The summed E-state index contributed by atoms with van der Waals surface area (Å²) in [7, 11) is -3.82. The van der Waals surface area contributed by atoms with E-state index >= 15 is 0 Å². The Morgan fingerprint density at radius 2 is 1.72 bits per heavy atom. The first-order valence-electron chi connectivity index (χ1n) is 8.54. The number of aliphatic hydroxyl groups excluding tert-OH is 1. The van der Waals surface area contributed by atoms with Crippen molar-refractivity contribution in [3.05, 3.63) is 29.3 Å². The first-order chi connectivity index (χ1) is 11.5. The molecule has 0 saturated heterocycles. The lowest BCUT2D eigenvalue weighted by Crippen LogP contribution is -2.48. The van der Waals surface area contributed by atoms with Gasteiger partial charge in [-0.1, -0.05) is 52.8 Å². The van der Waals surface area contributed by atoms with Crippen LogP contribution in [-0.4, -0.2) is 28.1 Å². The maximum atomic E-state index is 13.1. The van der Waals surface area contributed by atoms with E-state index in [4.69, 9.17) is 4.52 Å². The lowest BCUT2D eigenvalue weighted by atomic mass is 9.94. The van der Waals surface area contributed by atoms with E-state index in [1.54, 1.807) is 6.92 Å². The highest BCUT2D eigenvalue weighted by Crippen LogP contribution is 2.48. The van der Waals surface area contributed by atoms with E-state index in [2.05, 4.69) is 5.09 Å². The lowest BCUT2D eigenvalue weighted by Gasteiger charge is -2.31. The van der Waals surface area contributed by atoms with Crippen LogP contribution in [0.5, 0.6) is 5.75 Å². The van der Waals surface area contributed by atoms with Crippen LogP contribution in [0.3, 0.4) is 0 Å². The molecule has 3 N–H and O–H groups in total. The van der Waals surface area contributed by atoms with Crippen LogP contribution in [0.1, 0.15) is 70.9 Å². The second-order valence-electron chi connectivity index (χ2n) is 7.08. The number of aliphatic hydroxyl groups is 1. The van der Waals surface area contributed by atoms with Crippen molar-refractivity contribution in [3.8, 4) is 5.75 Å². The van der Waals surface area contributed by atoms with Gasteiger partial charge in [0.1, 0.15) is 17.6 Å². The second kappa shape index (κ2) is 8.35. The standard InChI is InChI=1S/C18H30NO5P/c1-7-18(6,17(21)22)19-25(23,11-20)24-16-14(12(2)3)9-8-10-15(16)13(4)5/h8-10,12-13,20H,7,11H2,1-6H3,(H,19,23)(H,21,22). The Bertz CT molecular complexity index is 633. The molecule has 1 aromatic rings. The first-order valence-corrected chi connectivity index (χ1v) is 10.4. The molecular weight excluding hydrogens is 341 g/mol. The zero-order chi connectivity index (χ0) is 19.4. The normalized spacial score (nSPS) is 16.5. The minimum atomic E-state index is -3.82. The van der Waals surface area contributed by atoms with E-state index < -0.39 is 25.4 Å². The van der Waals surface area contributed by atoms with Crippen LogP contribution in [0.15, 0.2) is 18.2 Å². The summed E-state index contributed by atoms with van der Waals surface area (Å²) in [5.41, 5.74) is 0.286. The lowest BCUT2D eigenvalue weighted by molar-refractivity contribution is -0.143. The molecule has 0 amide bonds. The molecule has 0 aliphatic rings. The molecule has 25 heavy (non-hydrogen) atoms. The van der Waals surface area contributed by atoms with Gasteiger partial charge in [0.2, 0.25) is 0 Å². The van der Waals surface area contributed by atoms with Gasteiger partial charge in [0.25, 0.3) is 0 Å². The van der Waals surface area contributed by atoms with Gasteiger partial charge in [-0.05, 0) is 36.3 Å². The quantitative estimate of drug-likeness (QED) is 0.560. The van der Waals surface area contributed by atoms with Crippen molar-refractivity contribution < 1.29 is 24.1 Å². The average Bonchev–Trinajstić information content (AvgIpc) is 2.54. The smallest absolute Gasteiger partial charge is 0.342 e. The number of nitrogens with one attached hydrogen (secondary N) is 1. The zero-order valence-corrected chi connectivity index (χ0v) is 16.8. The maximum absolute atomic E-state index is 13.1. The number of benzene rings is 1. The molecule has 7 heteroatoms. The van der Waals surface area contributed by atoms with Gasteiger partial charge in [-0.2, -0.15) is 0 Å². The molecule has 0 spiro atoms. The number of hydrogen-bond donors (Lipinski definition) is 3. The fourth-order valence-corrected chi connectivity index (χ4v) is 4.16. The third-order valence-electron chi connectivity index (χ3n) is 4.34. The van der Waals surface area contributed by atoms with Gasteiger partial charge in [0.15, 0.2) is 0 Å². The Balaban J connectivity index is 3.37. The van der Waals surface area contributed by atoms with Crippen molar-refractivity contribution in [3.63, 3.8) is 0 Å². The molecule has 0 heterocycles. The average molecular weight is 371 g/mol. The second-order valence-corrected chi connectivity index (χ2v) is 9.12. The number of carboxylic acid groups (broad SMARTS) is 1. The molecule has 2 atom stereocenters. The van der Waals surface area contributed by atoms with Gasteiger partial charge in [-0.15, -0.1) is 0 Å². The molecular formula is C18H30NO5P. The number of rotatable bonds is 9. The first kappa shape index (κ1) is 21.7. The Morgan fingerprint density at radius 1 is 1.24 bits per heavy atom. The summed E-state index contributed by atoms with van der Waals surface area (Å²) in [6.07, 6.45) is -0.599. The third-order valence-corrected chi connectivity index (χ3v) is 6.03. The molecule has 142 valence electrons. The SMILES string of the molecule is CCC(C)(NP(=O)(CO)Oc1c(C(C)C)cccc1C(C)C)C(=O)O. The fourth-order valence-electron chi connectivity index (χ4n) is 2.48. The molecule has 0 bridgehead atoms. The van der Waals surface area contributed by atoms with Gasteiger partial charge in [-0.25, -0.2) is 5.09 Å². The van der Waals surface area contributed by atoms with Crippen LogP contribution in [0.2, 0.25) is 0 Å². The topological polar surface area (TPSA) is 95.9 Å². The number of hydrogen-bond acceptors (Lipinski definition) is 4. The largest absolute Gasteiger partial charge is 0.480 e. The van der Waals surface area contributed by atoms with E-state index in [0.29, 0.717) is 5.75 Å². The maximum Gasteiger partial charge on any atom is 0.342 e. The summed E-state index contributed by atoms with van der Waals surface area (Å²) >= 11 is 0. The van der Waals surface area contributed by atoms with Crippen LogP contribution in [0.4, 0.5) is 0 Å². The van der Waals surface area contributed by atoms with E-state index in [-0.39, 0.29) is 18.3 Å². The summed E-state index contributed by atoms with van der Waals surface area (Å²) in [5.74, 6) is -0.439. The highest BCUT2D eigenvalue weighted by Gasteiger charge is 2.40. The number of carbonyl (C=O) groups is 1. The highest BCUT2D eigenvalue weighted by molar-refractivity contribution is 7.57. The Hall–Kier alpha value is -1.36. The molecule has 0 aromatic heterocycles. The molecule has 2 unspecified atom stereocenters. The van der Waals surface area contributed by atoms with Crippen LogP contribution in [-0.2, 0) is 9.36 Å².